The molecule has 49 heavy (non-hydrogen) atoms. The van der Waals surface area contributed by atoms with Crippen molar-refractivity contribution < 1.29 is 46.8 Å². The molecule has 1 amide bonds. The van der Waals surface area contributed by atoms with Gasteiger partial charge in [0.25, 0.3) is 0 Å². The van der Waals surface area contributed by atoms with Crippen molar-refractivity contribution in [2.24, 2.45) is 0 Å². The van der Waals surface area contributed by atoms with Crippen molar-refractivity contribution in [2.45, 2.75) is 70.7 Å². The molecule has 2 aliphatic heterocycles. The fourth-order valence-electron chi connectivity index (χ4n) is 5.09. The van der Waals surface area contributed by atoms with Crippen LogP contribution in [0, 0.1) is 17.7 Å². The Kier molecular flexibility index (Phi) is 14.3. The van der Waals surface area contributed by atoms with E-state index in [1.165, 1.54) is 19.2 Å². The molecular weight excluding hydrogens is 655 g/mol. The standard InChI is InChI=1S/C26H28N2O8S.C9H11FO.CH4/c1-34-26(31)23-14-20(29)15-25(36-23)35-21-11-7-18(8-12-21)22-16-24(30)28(22)19-9-5-17(6-10-19)4-3-13-27-37(2,32)33;1-2-9(11)7-3-5-8(10)6-4-7;/h5-12,20,22-23,25,27,29H,13-16H2,1-2H3;3-6,9,11H,2H2,1H3;1H4/t20-,22-,23?,25?;;/m0../s1. The molecule has 0 radical (unpaired) electrons. The van der Waals surface area contributed by atoms with Crippen LogP contribution in [0.2, 0.25) is 0 Å². The van der Waals surface area contributed by atoms with Crippen molar-refractivity contribution in [1.82, 2.24) is 4.72 Å². The predicted molar refractivity (Wildman–Crippen MR) is 182 cm³/mol. The van der Waals surface area contributed by atoms with E-state index < -0.39 is 40.6 Å². The van der Waals surface area contributed by atoms with Gasteiger partial charge in [-0.25, -0.2) is 22.3 Å². The third-order valence-electron chi connectivity index (χ3n) is 7.65. The number of methoxy groups -OCH3 is 1. The fourth-order valence-corrected chi connectivity index (χ4v) is 5.42. The minimum atomic E-state index is -3.29. The minimum Gasteiger partial charge on any atom is -0.467 e. The normalized spacial score (nSPS) is 20.6. The fraction of sp³-hybridized carbons (Fsp3) is 0.389. The van der Waals surface area contributed by atoms with E-state index in [-0.39, 0.29) is 44.6 Å². The molecule has 13 heteroatoms. The van der Waals surface area contributed by atoms with E-state index >= 15 is 0 Å². The number of nitrogens with zero attached hydrogens (tertiary/aromatic N) is 1. The summed E-state index contributed by atoms with van der Waals surface area (Å²) in [5.41, 5.74) is 3.14. The third kappa shape index (κ3) is 11.4. The number of amides is 1. The smallest absolute Gasteiger partial charge is 0.335 e. The third-order valence-corrected chi connectivity index (χ3v) is 8.32. The molecule has 2 saturated heterocycles. The van der Waals surface area contributed by atoms with Gasteiger partial charge in [-0.2, -0.15) is 0 Å². The molecule has 0 spiro atoms. The number of nitrogens with one attached hydrogen (secondary N) is 1. The van der Waals surface area contributed by atoms with Gasteiger partial charge in [0.2, 0.25) is 22.2 Å². The summed E-state index contributed by atoms with van der Waals surface area (Å²) >= 11 is 0. The molecule has 5 atom stereocenters. The number of sulfonamides is 1. The lowest BCUT2D eigenvalue weighted by atomic mass is 9.93. The number of carbonyl (C=O) groups is 2. The highest BCUT2D eigenvalue weighted by molar-refractivity contribution is 7.88. The summed E-state index contributed by atoms with van der Waals surface area (Å²) in [6.45, 7) is 1.90. The van der Waals surface area contributed by atoms with E-state index in [4.69, 9.17) is 14.2 Å². The average molecular weight is 699 g/mol. The van der Waals surface area contributed by atoms with E-state index in [9.17, 15) is 32.6 Å². The molecule has 3 unspecified atom stereocenters. The maximum absolute atomic E-state index is 12.4. The van der Waals surface area contributed by atoms with Crippen LogP contribution >= 0.6 is 0 Å². The molecular formula is C36H43FN2O9S. The van der Waals surface area contributed by atoms with Crippen LogP contribution in [-0.4, -0.2) is 68.9 Å². The van der Waals surface area contributed by atoms with Crippen LogP contribution < -0.4 is 14.4 Å². The maximum atomic E-state index is 12.4. The van der Waals surface area contributed by atoms with Crippen molar-refractivity contribution in [2.75, 3.05) is 24.8 Å². The van der Waals surface area contributed by atoms with Gasteiger partial charge in [0, 0.05) is 24.1 Å². The summed E-state index contributed by atoms with van der Waals surface area (Å²) in [5, 5.41) is 19.4. The Bertz CT molecular complexity index is 1710. The number of anilines is 1. The monoisotopic (exact) mass is 698 g/mol. The van der Waals surface area contributed by atoms with Gasteiger partial charge in [-0.1, -0.05) is 50.5 Å². The molecule has 5 rings (SSSR count). The lowest BCUT2D eigenvalue weighted by Gasteiger charge is -2.41. The first-order valence-electron chi connectivity index (χ1n) is 15.3. The van der Waals surface area contributed by atoms with Gasteiger partial charge in [0.1, 0.15) is 11.6 Å². The van der Waals surface area contributed by atoms with Crippen LogP contribution in [0.15, 0.2) is 72.8 Å². The topological polar surface area (TPSA) is 152 Å². The Balaban J connectivity index is 0.000000462. The molecule has 0 aromatic heterocycles. The highest BCUT2D eigenvalue weighted by atomic mass is 32.2. The van der Waals surface area contributed by atoms with Crippen molar-refractivity contribution >= 4 is 27.6 Å². The molecule has 2 aliphatic rings. The van der Waals surface area contributed by atoms with Crippen LogP contribution in [-0.2, 0) is 29.1 Å². The summed E-state index contributed by atoms with van der Waals surface area (Å²) in [6.07, 6.45) is -0.377. The zero-order valence-corrected chi connectivity index (χ0v) is 27.7. The molecule has 3 N–H and O–H groups in total. The molecule has 11 nitrogen and oxygen atoms in total. The van der Waals surface area contributed by atoms with Gasteiger partial charge in [0.05, 0.1) is 44.6 Å². The Morgan fingerprint density at radius 2 is 1.73 bits per heavy atom. The van der Waals surface area contributed by atoms with Gasteiger partial charge in [-0.15, -0.1) is 0 Å². The lowest BCUT2D eigenvalue weighted by molar-refractivity contribution is -0.197. The van der Waals surface area contributed by atoms with Crippen molar-refractivity contribution in [3.8, 4) is 17.6 Å². The number of halogens is 1. The number of aliphatic hydroxyl groups is 2. The Morgan fingerprint density at radius 1 is 1.08 bits per heavy atom. The van der Waals surface area contributed by atoms with E-state index in [1.54, 1.807) is 53.4 Å². The maximum Gasteiger partial charge on any atom is 0.335 e. The SMILES string of the molecule is C.CCC(O)c1ccc(F)cc1.COC(=O)C1C[C@H](O)CC(Oc2ccc([C@@H]3CC(=O)N3c3ccc(C#CCNS(C)(=O)=O)cc3)cc2)O1. The second-order valence-corrected chi connectivity index (χ2v) is 13.1. The number of hydrogen-bond acceptors (Lipinski definition) is 9. The number of hydrogen-bond donors (Lipinski definition) is 3. The first kappa shape index (κ1) is 39.1. The summed E-state index contributed by atoms with van der Waals surface area (Å²) in [7, 11) is -2.02. The lowest BCUT2D eigenvalue weighted by Crippen LogP contribution is -2.46. The van der Waals surface area contributed by atoms with Crippen molar-refractivity contribution in [3.05, 3.63) is 95.3 Å². The van der Waals surface area contributed by atoms with Gasteiger partial charge in [0.15, 0.2) is 6.10 Å². The van der Waals surface area contributed by atoms with Gasteiger partial charge in [-0.3, -0.25) is 4.79 Å². The van der Waals surface area contributed by atoms with Crippen LogP contribution in [0.25, 0.3) is 0 Å². The quantitative estimate of drug-likeness (QED) is 0.168. The van der Waals surface area contributed by atoms with Crippen LogP contribution in [0.3, 0.4) is 0 Å². The molecule has 0 saturated carbocycles. The van der Waals surface area contributed by atoms with E-state index in [0.717, 1.165) is 23.1 Å². The van der Waals surface area contributed by atoms with E-state index in [1.807, 2.05) is 19.1 Å². The summed E-state index contributed by atoms with van der Waals surface area (Å²) in [5.74, 6) is 5.32. The first-order valence-corrected chi connectivity index (χ1v) is 17.2. The van der Waals surface area contributed by atoms with Crippen molar-refractivity contribution in [1.29, 1.82) is 0 Å². The number of rotatable bonds is 9. The molecule has 0 aliphatic carbocycles. The van der Waals surface area contributed by atoms with E-state index in [0.29, 0.717) is 24.2 Å². The molecule has 2 fully saturated rings. The number of ether oxygens (including phenoxy) is 3. The number of esters is 1. The van der Waals surface area contributed by atoms with Crippen LogP contribution in [0.4, 0.5) is 10.1 Å². The van der Waals surface area contributed by atoms with Gasteiger partial charge < -0.3 is 29.3 Å². The molecule has 2 heterocycles. The van der Waals surface area contributed by atoms with Crippen molar-refractivity contribution in [3.63, 3.8) is 0 Å². The zero-order valence-electron chi connectivity index (χ0n) is 26.8. The Morgan fingerprint density at radius 3 is 2.31 bits per heavy atom. The number of β-lactam (4-membered cyclic amide) rings is 1. The second kappa shape index (κ2) is 17.9. The van der Waals surface area contributed by atoms with Gasteiger partial charge in [-0.05, 0) is 66.1 Å². The summed E-state index contributed by atoms with van der Waals surface area (Å²) in [6, 6.07) is 20.2. The molecule has 264 valence electrons. The van der Waals surface area contributed by atoms with E-state index in [2.05, 4.69) is 16.6 Å². The second-order valence-electron chi connectivity index (χ2n) is 11.3. The molecule has 3 aromatic rings. The van der Waals surface area contributed by atoms with Gasteiger partial charge >= 0.3 is 5.97 Å². The summed E-state index contributed by atoms with van der Waals surface area (Å²) < 4.78 is 53.0. The number of benzene rings is 3. The van der Waals surface area contributed by atoms with Crippen LogP contribution in [0.5, 0.6) is 5.75 Å². The highest BCUT2D eigenvalue weighted by Gasteiger charge is 2.38. The number of carbonyl (C=O) groups excluding carboxylic acids is 2. The molecule has 0 bridgehead atoms. The minimum absolute atomic E-state index is 0. The molecule has 3 aromatic carbocycles. The zero-order chi connectivity index (χ0) is 34.8. The highest BCUT2D eigenvalue weighted by Crippen LogP contribution is 2.39. The Hall–Kier alpha value is -4.32. The largest absolute Gasteiger partial charge is 0.467 e. The summed E-state index contributed by atoms with van der Waals surface area (Å²) in [4.78, 5) is 25.9. The van der Waals surface area contributed by atoms with Crippen LogP contribution in [0.1, 0.15) is 68.9 Å². The average Bonchev–Trinajstić information content (AvgIpc) is 3.06. The first-order chi connectivity index (χ1) is 22.9. The Labute approximate surface area is 287 Å². The number of aliphatic hydroxyl groups excluding tert-OH is 2. The predicted octanol–water partition coefficient (Wildman–Crippen LogP) is 4.39.